The Bertz CT molecular complexity index is 1130. The highest BCUT2D eigenvalue weighted by molar-refractivity contribution is 6.00. The lowest BCUT2D eigenvalue weighted by atomic mass is 10.1. The zero-order chi connectivity index (χ0) is 23.3. The van der Waals surface area contributed by atoms with Gasteiger partial charge in [-0.3, -0.25) is 19.2 Å². The summed E-state index contributed by atoms with van der Waals surface area (Å²) in [5, 5.41) is 6.27. The second-order valence-corrected chi connectivity index (χ2v) is 9.09. The average molecular weight is 450 g/mol. The summed E-state index contributed by atoms with van der Waals surface area (Å²) in [6, 6.07) is 5.63. The summed E-state index contributed by atoms with van der Waals surface area (Å²) >= 11 is 0. The van der Waals surface area contributed by atoms with Crippen molar-refractivity contribution in [2.45, 2.75) is 32.7 Å². The van der Waals surface area contributed by atoms with Gasteiger partial charge in [-0.1, -0.05) is 6.08 Å². The Morgan fingerprint density at radius 3 is 2.82 bits per heavy atom. The van der Waals surface area contributed by atoms with E-state index in [1.165, 1.54) is 0 Å². The molecule has 33 heavy (non-hydrogen) atoms. The Balaban J connectivity index is 1.43. The largest absolute Gasteiger partial charge is 0.379 e. The van der Waals surface area contributed by atoms with Crippen molar-refractivity contribution in [1.29, 1.82) is 0 Å². The van der Waals surface area contributed by atoms with Crippen LogP contribution < -0.4 is 10.6 Å². The van der Waals surface area contributed by atoms with Crippen molar-refractivity contribution in [2.75, 3.05) is 43.5 Å². The molecule has 0 spiro atoms. The van der Waals surface area contributed by atoms with Gasteiger partial charge in [-0.2, -0.15) is 0 Å². The first-order valence-electron chi connectivity index (χ1n) is 11.2. The van der Waals surface area contributed by atoms with Crippen molar-refractivity contribution in [3.8, 4) is 5.82 Å². The predicted molar refractivity (Wildman–Crippen MR) is 130 cm³/mol. The van der Waals surface area contributed by atoms with Crippen LogP contribution in [0.3, 0.4) is 0 Å². The molecule has 3 aromatic rings. The topological polar surface area (TPSA) is 97.2 Å². The number of imidazole rings is 1. The van der Waals surface area contributed by atoms with Crippen LogP contribution in [0.2, 0.25) is 0 Å². The van der Waals surface area contributed by atoms with E-state index < -0.39 is 0 Å². The summed E-state index contributed by atoms with van der Waals surface area (Å²) in [6.45, 7) is 10.6. The van der Waals surface area contributed by atoms with E-state index in [1.54, 1.807) is 24.8 Å². The molecule has 0 unspecified atom stereocenters. The van der Waals surface area contributed by atoms with Gasteiger partial charge >= 0.3 is 0 Å². The molecule has 1 aliphatic rings. The summed E-state index contributed by atoms with van der Waals surface area (Å²) in [4.78, 5) is 28.2. The molecule has 1 saturated heterocycles. The maximum absolute atomic E-state index is 12.4. The van der Waals surface area contributed by atoms with E-state index >= 15 is 0 Å². The molecule has 2 N–H and O–H groups in total. The number of aromatic nitrogens is 4. The van der Waals surface area contributed by atoms with Crippen LogP contribution in [0.15, 0.2) is 49.1 Å². The fourth-order valence-electron chi connectivity index (χ4n) is 3.64. The lowest BCUT2D eigenvalue weighted by Gasteiger charge is -2.25. The molecule has 174 valence electrons. The van der Waals surface area contributed by atoms with E-state index in [-0.39, 0.29) is 11.4 Å². The van der Waals surface area contributed by atoms with Crippen LogP contribution in [0.5, 0.6) is 0 Å². The summed E-state index contributed by atoms with van der Waals surface area (Å²) in [5.41, 5.74) is 2.22. The standard InChI is InChI=1S/C24H31N7O2/c1-24(2,3)29-21-15-25-16-22(28-21)31-17-26-19-8-7-18(14-20(19)31)27-23(32)6-4-5-9-30-10-12-33-13-11-30/h4,6-8,14-17H,5,9-13H2,1-3H3,(H,27,32)(H,28,29). The predicted octanol–water partition coefficient (Wildman–Crippen LogP) is 3.24. The number of hydrogen-bond acceptors (Lipinski definition) is 7. The van der Waals surface area contributed by atoms with Gasteiger partial charge in [0.2, 0.25) is 5.91 Å². The van der Waals surface area contributed by atoms with E-state index in [0.29, 0.717) is 17.3 Å². The molecule has 1 aromatic carbocycles. The molecule has 1 aliphatic heterocycles. The number of nitrogens with one attached hydrogen (secondary N) is 2. The lowest BCUT2D eigenvalue weighted by molar-refractivity contribution is -0.111. The summed E-state index contributed by atoms with van der Waals surface area (Å²) in [6.07, 6.45) is 9.44. The number of carbonyl (C=O) groups is 1. The van der Waals surface area contributed by atoms with E-state index in [0.717, 1.165) is 50.3 Å². The summed E-state index contributed by atoms with van der Waals surface area (Å²) in [5.74, 6) is 1.19. The number of ether oxygens (including phenoxy) is 1. The minimum Gasteiger partial charge on any atom is -0.379 e. The van der Waals surface area contributed by atoms with E-state index in [4.69, 9.17) is 4.74 Å². The summed E-state index contributed by atoms with van der Waals surface area (Å²) in [7, 11) is 0. The molecular formula is C24H31N7O2. The van der Waals surface area contributed by atoms with Gasteiger partial charge in [0.15, 0.2) is 5.82 Å². The highest BCUT2D eigenvalue weighted by Crippen LogP contribution is 2.22. The number of morpholine rings is 1. The third kappa shape index (κ3) is 6.36. The van der Waals surface area contributed by atoms with Crippen molar-refractivity contribution in [3.63, 3.8) is 0 Å². The highest BCUT2D eigenvalue weighted by Gasteiger charge is 2.13. The van der Waals surface area contributed by atoms with E-state index in [9.17, 15) is 4.79 Å². The van der Waals surface area contributed by atoms with Gasteiger partial charge in [0, 0.05) is 30.9 Å². The van der Waals surface area contributed by atoms with E-state index in [2.05, 4.69) is 51.3 Å². The molecule has 0 saturated carbocycles. The Kier molecular flexibility index (Phi) is 7.00. The van der Waals surface area contributed by atoms with Gasteiger partial charge in [0.25, 0.3) is 0 Å². The Morgan fingerprint density at radius 1 is 1.21 bits per heavy atom. The first-order chi connectivity index (χ1) is 15.9. The Morgan fingerprint density at radius 2 is 2.03 bits per heavy atom. The van der Waals surface area contributed by atoms with Crippen LogP contribution in [0, 0.1) is 0 Å². The van der Waals surface area contributed by atoms with Gasteiger partial charge in [-0.05, 0) is 51.5 Å². The molecule has 1 amide bonds. The first-order valence-corrected chi connectivity index (χ1v) is 11.2. The highest BCUT2D eigenvalue weighted by atomic mass is 16.5. The van der Waals surface area contributed by atoms with Crippen LogP contribution in [0.4, 0.5) is 11.5 Å². The molecule has 0 bridgehead atoms. The van der Waals surface area contributed by atoms with Gasteiger partial charge in [-0.25, -0.2) is 9.97 Å². The fraction of sp³-hybridized carbons (Fsp3) is 0.417. The molecule has 9 heteroatoms. The maximum atomic E-state index is 12.4. The molecule has 3 heterocycles. The smallest absolute Gasteiger partial charge is 0.248 e. The Labute approximate surface area is 193 Å². The molecule has 0 aliphatic carbocycles. The number of rotatable bonds is 7. The van der Waals surface area contributed by atoms with Crippen molar-refractivity contribution >= 4 is 28.4 Å². The molecule has 9 nitrogen and oxygen atoms in total. The summed E-state index contributed by atoms with van der Waals surface area (Å²) < 4.78 is 7.22. The quantitative estimate of drug-likeness (QED) is 0.535. The number of anilines is 2. The average Bonchev–Trinajstić information content (AvgIpc) is 3.20. The van der Waals surface area contributed by atoms with Gasteiger partial charge in [-0.15, -0.1) is 0 Å². The Hall–Kier alpha value is -3.30. The second-order valence-electron chi connectivity index (χ2n) is 9.09. The molecule has 0 radical (unpaired) electrons. The number of hydrogen-bond donors (Lipinski definition) is 2. The molecule has 1 fully saturated rings. The van der Waals surface area contributed by atoms with Crippen molar-refractivity contribution in [3.05, 3.63) is 49.1 Å². The number of benzene rings is 1. The van der Waals surface area contributed by atoms with Gasteiger partial charge in [0.05, 0.1) is 36.6 Å². The maximum Gasteiger partial charge on any atom is 0.248 e. The van der Waals surface area contributed by atoms with Gasteiger partial charge in [0.1, 0.15) is 12.1 Å². The minimum absolute atomic E-state index is 0.128. The van der Waals surface area contributed by atoms with Crippen molar-refractivity contribution in [1.82, 2.24) is 24.4 Å². The molecule has 2 aromatic heterocycles. The van der Waals surface area contributed by atoms with Crippen LogP contribution >= 0.6 is 0 Å². The number of amides is 1. The van der Waals surface area contributed by atoms with E-state index in [1.807, 2.05) is 28.8 Å². The second kappa shape index (κ2) is 10.1. The number of fused-ring (bicyclic) bond motifs is 1. The molecule has 0 atom stereocenters. The van der Waals surface area contributed by atoms with Crippen LogP contribution in [0.1, 0.15) is 27.2 Å². The molecule has 4 rings (SSSR count). The SMILES string of the molecule is CC(C)(C)Nc1cncc(-n2cnc3ccc(NC(=O)C=CCCN4CCOCC4)cc32)n1. The zero-order valence-corrected chi connectivity index (χ0v) is 19.4. The third-order valence-electron chi connectivity index (χ3n) is 5.17. The van der Waals surface area contributed by atoms with Crippen molar-refractivity contribution < 1.29 is 9.53 Å². The van der Waals surface area contributed by atoms with Crippen LogP contribution in [0.25, 0.3) is 16.9 Å². The van der Waals surface area contributed by atoms with Gasteiger partial charge < -0.3 is 15.4 Å². The normalized spacial score (nSPS) is 15.2. The first kappa shape index (κ1) is 22.9. The van der Waals surface area contributed by atoms with Crippen molar-refractivity contribution in [2.24, 2.45) is 0 Å². The van der Waals surface area contributed by atoms with Crippen LogP contribution in [-0.2, 0) is 9.53 Å². The zero-order valence-electron chi connectivity index (χ0n) is 19.4. The fourth-order valence-corrected chi connectivity index (χ4v) is 3.64. The lowest BCUT2D eigenvalue weighted by Crippen LogP contribution is -2.36. The number of carbonyl (C=O) groups excluding carboxylic acids is 1. The minimum atomic E-state index is -0.154. The monoisotopic (exact) mass is 449 g/mol. The molecular weight excluding hydrogens is 418 g/mol. The number of nitrogens with zero attached hydrogens (tertiary/aromatic N) is 5. The third-order valence-corrected chi connectivity index (χ3v) is 5.17. The van der Waals surface area contributed by atoms with Crippen LogP contribution in [-0.4, -0.2) is 68.7 Å².